The molecule has 0 radical (unpaired) electrons. The van der Waals surface area contributed by atoms with Crippen molar-refractivity contribution in [3.8, 4) is 22.6 Å². The average molecular weight is 424 g/mol. The Balaban J connectivity index is 1.77. The van der Waals surface area contributed by atoms with E-state index in [1.165, 1.54) is 18.5 Å². The Hall–Kier alpha value is -3.13. The number of benzene rings is 1. The van der Waals surface area contributed by atoms with Crippen LogP contribution in [0.5, 0.6) is 0 Å². The van der Waals surface area contributed by atoms with Crippen LogP contribution >= 0.6 is 0 Å². The molecule has 3 heterocycles. The number of carbonyl (C=O) groups excluding carboxylic acids is 1. The fraction of sp³-hybridized carbons (Fsp3) is 0.391. The van der Waals surface area contributed by atoms with Crippen molar-refractivity contribution in [2.45, 2.75) is 57.8 Å². The Bertz CT molecular complexity index is 1050. The minimum atomic E-state index is -0.672. The van der Waals surface area contributed by atoms with Crippen LogP contribution < -0.4 is 0 Å². The van der Waals surface area contributed by atoms with Gasteiger partial charge in [0.1, 0.15) is 24.1 Å². The van der Waals surface area contributed by atoms with Gasteiger partial charge >= 0.3 is 5.97 Å². The van der Waals surface area contributed by atoms with Gasteiger partial charge in [-0.15, -0.1) is 0 Å². The van der Waals surface area contributed by atoms with Crippen molar-refractivity contribution in [1.82, 2.24) is 19.5 Å². The lowest BCUT2D eigenvalue weighted by Gasteiger charge is -2.26. The molecule has 1 aliphatic heterocycles. The summed E-state index contributed by atoms with van der Waals surface area (Å²) in [5.41, 5.74) is 3.01. The third-order valence-electron chi connectivity index (χ3n) is 5.37. The van der Waals surface area contributed by atoms with Gasteiger partial charge in [0.2, 0.25) is 0 Å². The number of esters is 1. The average Bonchev–Trinajstić information content (AvgIpc) is 3.12. The van der Waals surface area contributed by atoms with Gasteiger partial charge in [0.25, 0.3) is 0 Å². The first-order valence-corrected chi connectivity index (χ1v) is 10.4. The second kappa shape index (κ2) is 8.93. The Kier molecular flexibility index (Phi) is 6.08. The highest BCUT2D eigenvalue weighted by atomic mass is 19.1. The summed E-state index contributed by atoms with van der Waals surface area (Å²) < 4.78 is 21.0. The molecule has 4 rings (SSSR count). The molecule has 162 valence electrons. The summed E-state index contributed by atoms with van der Waals surface area (Å²) in [6.45, 7) is 4.65. The van der Waals surface area contributed by atoms with Crippen molar-refractivity contribution in [3.05, 3.63) is 54.5 Å². The van der Waals surface area contributed by atoms with Gasteiger partial charge in [-0.2, -0.15) is 0 Å². The summed E-state index contributed by atoms with van der Waals surface area (Å²) in [5, 5.41) is 9.93. The lowest BCUT2D eigenvalue weighted by atomic mass is 10.0. The molecule has 1 N–H and O–H groups in total. The molecule has 2 aromatic heterocycles. The van der Waals surface area contributed by atoms with Crippen molar-refractivity contribution in [1.29, 1.82) is 0 Å². The number of aromatic nitrogens is 4. The molecule has 31 heavy (non-hydrogen) atoms. The number of ether oxygens (including phenoxy) is 1. The van der Waals surface area contributed by atoms with Crippen LogP contribution in [0.4, 0.5) is 4.39 Å². The largest absolute Gasteiger partial charge is 0.462 e. The van der Waals surface area contributed by atoms with Crippen molar-refractivity contribution in [3.63, 3.8) is 0 Å². The first-order chi connectivity index (χ1) is 14.9. The van der Waals surface area contributed by atoms with Gasteiger partial charge in [-0.3, -0.25) is 4.79 Å². The van der Waals surface area contributed by atoms with E-state index in [-0.39, 0.29) is 30.2 Å². The molecule has 0 aliphatic carbocycles. The van der Waals surface area contributed by atoms with E-state index in [2.05, 4.69) is 28.4 Å². The summed E-state index contributed by atoms with van der Waals surface area (Å²) in [4.78, 5) is 25.1. The van der Waals surface area contributed by atoms with Gasteiger partial charge in [0.05, 0.1) is 29.6 Å². The molecule has 2 atom stereocenters. The fourth-order valence-corrected chi connectivity index (χ4v) is 3.95. The highest BCUT2D eigenvalue weighted by Gasteiger charge is 2.28. The number of nitrogens with zero attached hydrogens (tertiary/aromatic N) is 4. The summed E-state index contributed by atoms with van der Waals surface area (Å²) in [7, 11) is 0. The van der Waals surface area contributed by atoms with Crippen LogP contribution in [0.2, 0.25) is 0 Å². The Labute approximate surface area is 180 Å². The van der Waals surface area contributed by atoms with Crippen LogP contribution in [0.1, 0.15) is 44.9 Å². The number of aliphatic hydroxyl groups is 1. The van der Waals surface area contributed by atoms with Crippen LogP contribution in [-0.4, -0.2) is 42.8 Å². The number of hydrogen-bond acceptors (Lipinski definition) is 6. The van der Waals surface area contributed by atoms with Gasteiger partial charge in [0.15, 0.2) is 0 Å². The molecule has 1 aromatic carbocycles. The molecular weight excluding hydrogens is 399 g/mol. The minimum absolute atomic E-state index is 0.0414. The maximum Gasteiger partial charge on any atom is 0.308 e. The normalized spacial score (nSPS) is 18.9. The highest BCUT2D eigenvalue weighted by molar-refractivity contribution is 5.77. The van der Waals surface area contributed by atoms with Gasteiger partial charge < -0.3 is 14.4 Å². The molecule has 1 saturated heterocycles. The summed E-state index contributed by atoms with van der Waals surface area (Å²) in [5.74, 6) is 0.292. The third-order valence-corrected chi connectivity index (χ3v) is 5.37. The van der Waals surface area contributed by atoms with Gasteiger partial charge in [-0.25, -0.2) is 19.3 Å². The Morgan fingerprint density at radius 2 is 2.03 bits per heavy atom. The SMILES string of the molecule is CC(C)c1nc(-c2ccc(F)cc2)c(-c2ccncn2)n1CC[C@@H]1C[C@@H](O)CC(=O)O1. The van der Waals surface area contributed by atoms with E-state index in [1.54, 1.807) is 18.3 Å². The zero-order valence-corrected chi connectivity index (χ0v) is 17.5. The van der Waals surface area contributed by atoms with E-state index >= 15 is 0 Å². The van der Waals surface area contributed by atoms with E-state index in [0.717, 1.165) is 17.1 Å². The first-order valence-electron chi connectivity index (χ1n) is 10.4. The Morgan fingerprint density at radius 3 is 2.68 bits per heavy atom. The molecule has 0 bridgehead atoms. The fourth-order valence-electron chi connectivity index (χ4n) is 3.95. The molecule has 1 aliphatic rings. The second-order valence-electron chi connectivity index (χ2n) is 8.07. The van der Waals surface area contributed by atoms with Crippen molar-refractivity contribution < 1.29 is 19.0 Å². The predicted molar refractivity (Wildman–Crippen MR) is 112 cm³/mol. The van der Waals surface area contributed by atoms with Crippen LogP contribution in [0.25, 0.3) is 22.6 Å². The molecule has 0 unspecified atom stereocenters. The van der Waals surface area contributed by atoms with Crippen LogP contribution in [-0.2, 0) is 16.1 Å². The molecule has 8 heteroatoms. The summed E-state index contributed by atoms with van der Waals surface area (Å²) in [6.07, 6.45) is 3.13. The van der Waals surface area contributed by atoms with E-state index in [9.17, 15) is 14.3 Å². The lowest BCUT2D eigenvalue weighted by Crippen LogP contribution is -2.33. The first kappa shape index (κ1) is 21.1. The molecule has 7 nitrogen and oxygen atoms in total. The van der Waals surface area contributed by atoms with Crippen molar-refractivity contribution in [2.24, 2.45) is 0 Å². The van der Waals surface area contributed by atoms with E-state index in [0.29, 0.717) is 30.8 Å². The quantitative estimate of drug-likeness (QED) is 0.607. The van der Waals surface area contributed by atoms with Crippen LogP contribution in [0.15, 0.2) is 42.9 Å². The molecular formula is C23H25FN4O3. The van der Waals surface area contributed by atoms with Gasteiger partial charge in [-0.05, 0) is 30.3 Å². The number of halogens is 1. The maximum atomic E-state index is 13.5. The number of hydrogen-bond donors (Lipinski definition) is 1. The number of rotatable bonds is 6. The predicted octanol–water partition coefficient (Wildman–Crippen LogP) is 3.73. The second-order valence-corrected chi connectivity index (χ2v) is 8.07. The molecule has 0 spiro atoms. The number of carbonyl (C=O) groups is 1. The molecule has 1 fully saturated rings. The zero-order valence-electron chi connectivity index (χ0n) is 17.5. The molecule has 3 aromatic rings. The number of imidazole rings is 1. The van der Waals surface area contributed by atoms with E-state index < -0.39 is 6.10 Å². The monoisotopic (exact) mass is 424 g/mol. The standard InChI is InChI=1S/C23H25FN4O3/c1-14(2)23-27-21(15-3-5-16(24)6-4-15)22(19-7-9-25-13-26-19)28(23)10-8-18-11-17(29)12-20(30)31-18/h3-7,9,13-14,17-18,29H,8,10-12H2,1-2H3/t17-,18-/m1/s1. The zero-order chi connectivity index (χ0) is 22.0. The maximum absolute atomic E-state index is 13.5. The van der Waals surface area contributed by atoms with Crippen LogP contribution in [0, 0.1) is 5.82 Å². The summed E-state index contributed by atoms with van der Waals surface area (Å²) >= 11 is 0. The highest BCUT2D eigenvalue weighted by Crippen LogP contribution is 2.34. The van der Waals surface area contributed by atoms with Gasteiger partial charge in [0, 0.05) is 37.1 Å². The molecule has 0 amide bonds. The number of aliphatic hydroxyl groups excluding tert-OH is 1. The smallest absolute Gasteiger partial charge is 0.308 e. The third kappa shape index (κ3) is 4.64. The lowest BCUT2D eigenvalue weighted by molar-refractivity contribution is -0.160. The van der Waals surface area contributed by atoms with E-state index in [1.807, 2.05) is 6.07 Å². The summed E-state index contributed by atoms with van der Waals surface area (Å²) in [6, 6.07) is 8.05. The molecule has 0 saturated carbocycles. The minimum Gasteiger partial charge on any atom is -0.462 e. The van der Waals surface area contributed by atoms with Crippen LogP contribution in [0.3, 0.4) is 0 Å². The van der Waals surface area contributed by atoms with Crippen molar-refractivity contribution >= 4 is 5.97 Å². The van der Waals surface area contributed by atoms with Gasteiger partial charge in [-0.1, -0.05) is 13.8 Å². The topological polar surface area (TPSA) is 90.1 Å². The van der Waals surface area contributed by atoms with Crippen molar-refractivity contribution in [2.75, 3.05) is 0 Å². The number of cyclic esters (lactones) is 1. The Morgan fingerprint density at radius 1 is 1.26 bits per heavy atom. The van der Waals surface area contributed by atoms with E-state index in [4.69, 9.17) is 9.72 Å².